The molecule has 1 saturated heterocycles. The number of halogens is 1. The molecule has 0 saturated carbocycles. The molecule has 178 valence electrons. The topological polar surface area (TPSA) is 87.2 Å². The van der Waals surface area contributed by atoms with Gasteiger partial charge >= 0.3 is 0 Å². The maximum Gasteiger partial charge on any atom is 0.296 e. The molecule has 8 heteroatoms. The van der Waals surface area contributed by atoms with E-state index in [0.717, 1.165) is 6.07 Å². The summed E-state index contributed by atoms with van der Waals surface area (Å²) in [6, 6.07) is 11.0. The van der Waals surface area contributed by atoms with E-state index in [-0.39, 0.29) is 17.7 Å². The number of rotatable bonds is 7. The second-order valence-corrected chi connectivity index (χ2v) is 8.50. The zero-order chi connectivity index (χ0) is 24.6. The molecule has 0 aromatic heterocycles. The van der Waals surface area contributed by atoms with Gasteiger partial charge in [0.2, 0.25) is 0 Å². The molecule has 2 aromatic rings. The maximum atomic E-state index is 14.3. The van der Waals surface area contributed by atoms with Crippen LogP contribution in [-0.2, 0) is 24.7 Å². The zero-order valence-electron chi connectivity index (χ0n) is 19.4. The molecular weight excluding hydrogens is 439 g/mol. The van der Waals surface area contributed by atoms with Crippen molar-refractivity contribution < 1.29 is 28.6 Å². The van der Waals surface area contributed by atoms with E-state index in [0.29, 0.717) is 42.8 Å². The van der Waals surface area contributed by atoms with Gasteiger partial charge in [0.05, 0.1) is 11.3 Å². The van der Waals surface area contributed by atoms with Gasteiger partial charge in [-0.2, -0.15) is 0 Å². The molecule has 4 rings (SSSR count). The molecule has 0 radical (unpaired) electrons. The van der Waals surface area contributed by atoms with Gasteiger partial charge in [0.15, 0.2) is 5.54 Å². The zero-order valence-corrected chi connectivity index (χ0v) is 19.4. The van der Waals surface area contributed by atoms with E-state index in [4.69, 9.17) is 4.74 Å². The third-order valence-electron chi connectivity index (χ3n) is 6.43. The van der Waals surface area contributed by atoms with Crippen LogP contribution in [0.15, 0.2) is 48.0 Å². The largest absolute Gasteiger partial charge is 0.507 e. The summed E-state index contributed by atoms with van der Waals surface area (Å²) in [5.74, 6) is -3.49. The Balaban J connectivity index is 2.03. The summed E-state index contributed by atoms with van der Waals surface area (Å²) in [6.45, 7) is 4.25. The Morgan fingerprint density at radius 1 is 1.12 bits per heavy atom. The fraction of sp³-hybridized carbons (Fsp3) is 0.346. The number of carbonyl (C=O) groups is 3. The number of aryl methyl sites for hydroxylation is 1. The van der Waals surface area contributed by atoms with Crippen molar-refractivity contribution in [2.45, 2.75) is 32.2 Å². The van der Waals surface area contributed by atoms with Crippen molar-refractivity contribution in [2.75, 3.05) is 31.7 Å². The summed E-state index contributed by atoms with van der Waals surface area (Å²) in [4.78, 5) is 43.6. The van der Waals surface area contributed by atoms with Crippen molar-refractivity contribution >= 4 is 29.0 Å². The van der Waals surface area contributed by atoms with Crippen LogP contribution < -0.4 is 4.90 Å². The average Bonchev–Trinajstić information content (AvgIpc) is 3.20. The van der Waals surface area contributed by atoms with E-state index in [2.05, 4.69) is 0 Å². The summed E-state index contributed by atoms with van der Waals surface area (Å²) in [5.41, 5.74) is -0.763. The number of methoxy groups -OCH3 is 1. The molecule has 2 aliphatic heterocycles. The van der Waals surface area contributed by atoms with Gasteiger partial charge in [0, 0.05) is 37.9 Å². The van der Waals surface area contributed by atoms with Crippen LogP contribution in [0.25, 0.3) is 5.76 Å². The first-order chi connectivity index (χ1) is 16.3. The van der Waals surface area contributed by atoms with Gasteiger partial charge in [-0.3, -0.25) is 14.4 Å². The average molecular weight is 467 g/mol. The van der Waals surface area contributed by atoms with E-state index in [9.17, 15) is 23.9 Å². The molecule has 1 spiro atoms. The Morgan fingerprint density at radius 3 is 2.53 bits per heavy atom. The lowest BCUT2D eigenvalue weighted by atomic mass is 9.81. The molecule has 7 nitrogen and oxygen atoms in total. The lowest BCUT2D eigenvalue weighted by Crippen LogP contribution is -2.52. The quantitative estimate of drug-likeness (QED) is 0.292. The fourth-order valence-electron chi connectivity index (χ4n) is 4.86. The molecule has 2 aliphatic rings. The van der Waals surface area contributed by atoms with Crippen molar-refractivity contribution in [1.29, 1.82) is 0 Å². The predicted molar refractivity (Wildman–Crippen MR) is 125 cm³/mol. The predicted octanol–water partition coefficient (Wildman–Crippen LogP) is 3.50. The van der Waals surface area contributed by atoms with Crippen molar-refractivity contribution in [1.82, 2.24) is 4.90 Å². The first-order valence-electron chi connectivity index (χ1n) is 11.3. The lowest BCUT2D eigenvalue weighted by Gasteiger charge is -2.34. The molecule has 2 amide bonds. The number of Topliss-reactive ketones (excluding diaryl/α,β-unsaturated/α-hetero) is 1. The van der Waals surface area contributed by atoms with E-state index in [1.807, 2.05) is 6.92 Å². The number of benzene rings is 2. The number of nitrogens with zero attached hydrogens (tertiary/aromatic N) is 2. The number of likely N-dealkylation sites (tertiary alicyclic amines) is 1. The van der Waals surface area contributed by atoms with E-state index in [1.54, 1.807) is 36.1 Å². The Bertz CT molecular complexity index is 1210. The number of hydrogen-bond acceptors (Lipinski definition) is 5. The van der Waals surface area contributed by atoms with Crippen molar-refractivity contribution in [2.24, 2.45) is 0 Å². The molecule has 2 heterocycles. The lowest BCUT2D eigenvalue weighted by molar-refractivity contribution is -0.143. The molecule has 1 atom stereocenters. The highest BCUT2D eigenvalue weighted by Crippen LogP contribution is 2.53. The standard InChI is InChI=1S/C26H27FN2O5/c1-4-12-28-20-9-6-5-8-18(20)26(25(28)33)21(22(30)17-11-10-16(2)19(27)15-17)23(31)24(32)29(26)13-7-14-34-3/h5-6,8-11,15,30H,4,7,12-14H2,1-3H3. The normalized spacial score (nSPS) is 21.1. The monoisotopic (exact) mass is 466 g/mol. The second kappa shape index (κ2) is 9.02. The van der Waals surface area contributed by atoms with Gasteiger partial charge in [-0.15, -0.1) is 0 Å². The first kappa shape index (κ1) is 23.6. The smallest absolute Gasteiger partial charge is 0.296 e. The molecule has 0 aliphatic carbocycles. The number of amides is 2. The summed E-state index contributed by atoms with van der Waals surface area (Å²) in [5, 5.41) is 11.3. The minimum absolute atomic E-state index is 0.0246. The van der Waals surface area contributed by atoms with Gasteiger partial charge < -0.3 is 19.6 Å². The van der Waals surface area contributed by atoms with Gasteiger partial charge in [-0.05, 0) is 37.5 Å². The van der Waals surface area contributed by atoms with Gasteiger partial charge in [-0.25, -0.2) is 4.39 Å². The third kappa shape index (κ3) is 3.32. The van der Waals surface area contributed by atoms with Crippen LogP contribution in [0.1, 0.15) is 36.5 Å². The van der Waals surface area contributed by atoms with E-state index < -0.39 is 34.7 Å². The minimum Gasteiger partial charge on any atom is -0.507 e. The number of hydrogen-bond donors (Lipinski definition) is 1. The van der Waals surface area contributed by atoms with Gasteiger partial charge in [0.1, 0.15) is 11.6 Å². The second-order valence-electron chi connectivity index (χ2n) is 8.50. The molecule has 2 aromatic carbocycles. The molecular formula is C26H27FN2O5. The number of ketones is 1. The Morgan fingerprint density at radius 2 is 1.85 bits per heavy atom. The van der Waals surface area contributed by atoms with Crippen LogP contribution in [0.2, 0.25) is 0 Å². The van der Waals surface area contributed by atoms with E-state index >= 15 is 0 Å². The van der Waals surface area contributed by atoms with Gasteiger partial charge in [-0.1, -0.05) is 37.3 Å². The summed E-state index contributed by atoms with van der Waals surface area (Å²) in [7, 11) is 1.52. The minimum atomic E-state index is -1.83. The number of fused-ring (bicyclic) bond motifs is 2. The Hall–Kier alpha value is -3.52. The number of aliphatic hydroxyl groups excluding tert-OH is 1. The first-order valence-corrected chi connectivity index (χ1v) is 11.3. The summed E-state index contributed by atoms with van der Waals surface area (Å²) in [6.07, 6.45) is 1.03. The van der Waals surface area contributed by atoms with Crippen LogP contribution in [0.5, 0.6) is 0 Å². The number of anilines is 1. The summed E-state index contributed by atoms with van der Waals surface area (Å²) < 4.78 is 19.5. The molecule has 1 fully saturated rings. The van der Waals surface area contributed by atoms with Gasteiger partial charge in [0.25, 0.3) is 17.6 Å². The third-order valence-corrected chi connectivity index (χ3v) is 6.43. The van der Waals surface area contributed by atoms with Crippen molar-refractivity contribution in [3.63, 3.8) is 0 Å². The molecule has 1 unspecified atom stereocenters. The maximum absolute atomic E-state index is 14.3. The number of para-hydroxylation sites is 1. The number of ether oxygens (including phenoxy) is 1. The molecule has 0 bridgehead atoms. The molecule has 1 N–H and O–H groups in total. The van der Waals surface area contributed by atoms with Crippen molar-refractivity contribution in [3.05, 3.63) is 70.5 Å². The van der Waals surface area contributed by atoms with Crippen LogP contribution in [-0.4, -0.2) is 54.4 Å². The van der Waals surface area contributed by atoms with Crippen LogP contribution in [0.3, 0.4) is 0 Å². The van der Waals surface area contributed by atoms with E-state index in [1.165, 1.54) is 24.1 Å². The number of aliphatic hydroxyl groups is 1. The molecule has 34 heavy (non-hydrogen) atoms. The summed E-state index contributed by atoms with van der Waals surface area (Å²) >= 11 is 0. The van der Waals surface area contributed by atoms with Crippen LogP contribution in [0, 0.1) is 12.7 Å². The van der Waals surface area contributed by atoms with Crippen molar-refractivity contribution in [3.8, 4) is 0 Å². The Labute approximate surface area is 197 Å². The fourth-order valence-corrected chi connectivity index (χ4v) is 4.86. The highest BCUT2D eigenvalue weighted by molar-refractivity contribution is 6.50. The Kier molecular flexibility index (Phi) is 6.27. The van der Waals surface area contributed by atoms with Crippen LogP contribution >= 0.6 is 0 Å². The highest BCUT2D eigenvalue weighted by Gasteiger charge is 2.66. The SMILES string of the molecule is CCCN1C(=O)C2(C(=C(O)c3ccc(C)c(F)c3)C(=O)C(=O)N2CCCOC)c2ccccc21. The highest BCUT2D eigenvalue weighted by atomic mass is 19.1. The number of carbonyl (C=O) groups excluding carboxylic acids is 3. The van der Waals surface area contributed by atoms with Crippen LogP contribution in [0.4, 0.5) is 10.1 Å².